The lowest BCUT2D eigenvalue weighted by molar-refractivity contribution is 0.0254. The Bertz CT molecular complexity index is 1940. The van der Waals surface area contributed by atoms with E-state index >= 15 is 4.39 Å². The molecule has 0 unspecified atom stereocenters. The molecule has 7 rings (SSSR count). The minimum atomic E-state index is -3.99. The molecule has 3 aliphatic heterocycles. The number of esters is 1. The maximum absolute atomic E-state index is 16.4. The van der Waals surface area contributed by atoms with Crippen molar-refractivity contribution in [1.29, 1.82) is 0 Å². The van der Waals surface area contributed by atoms with E-state index < -0.39 is 26.9 Å². The van der Waals surface area contributed by atoms with Crippen LogP contribution in [0.5, 0.6) is 11.5 Å². The van der Waals surface area contributed by atoms with Crippen molar-refractivity contribution in [2.75, 3.05) is 45.5 Å². The first-order valence-electron chi connectivity index (χ1n) is 15.6. The Morgan fingerprint density at radius 3 is 2.49 bits per heavy atom. The molecule has 0 atom stereocenters. The summed E-state index contributed by atoms with van der Waals surface area (Å²) in [5.41, 5.74) is 2.79. The Morgan fingerprint density at radius 2 is 1.72 bits per heavy atom. The van der Waals surface area contributed by atoms with Gasteiger partial charge in [-0.1, -0.05) is 0 Å². The number of carbonyl (C=O) groups excluding carboxylic acids is 1. The predicted octanol–water partition coefficient (Wildman–Crippen LogP) is 5.41. The number of anilines is 2. The fourth-order valence-electron chi connectivity index (χ4n) is 6.33. The number of carbonyl (C=O) groups is 1. The average Bonchev–Trinajstić information content (AvgIpc) is 3.58. The number of hydrogen-bond donors (Lipinski definition) is 1. The molecule has 246 valence electrons. The summed E-state index contributed by atoms with van der Waals surface area (Å²) in [5.74, 6) is -0.271. The molecule has 5 heterocycles. The normalized spacial score (nSPS) is 17.2. The fourth-order valence-corrected chi connectivity index (χ4v) is 8.14. The lowest BCUT2D eigenvalue weighted by Crippen LogP contribution is -2.29. The standard InChI is InChI=1S/C34H34FN3O8S/c1-42-34(39)22-12-23(16-25(13-22)46-24-3-7-43-8-4-24)38-32-30(47(40,41)26-5-9-44-10-6-26)19-37-29-15-21(14-28(35)31(29)32)27-18-36-17-20-2-11-45-33(20)27/h12-19,24,26H,2-11H2,1H3,(H,37,38). The van der Waals surface area contributed by atoms with Gasteiger partial charge >= 0.3 is 5.97 Å². The van der Waals surface area contributed by atoms with Gasteiger partial charge < -0.3 is 29.0 Å². The highest BCUT2D eigenvalue weighted by molar-refractivity contribution is 7.92. The number of nitrogens with one attached hydrogen (secondary N) is 1. The Balaban J connectivity index is 1.37. The highest BCUT2D eigenvalue weighted by atomic mass is 32.2. The van der Waals surface area contributed by atoms with Crippen LogP contribution in [-0.2, 0) is 30.5 Å². The van der Waals surface area contributed by atoms with Crippen molar-refractivity contribution < 1.29 is 41.3 Å². The van der Waals surface area contributed by atoms with Crippen LogP contribution in [0.25, 0.3) is 22.0 Å². The van der Waals surface area contributed by atoms with Gasteiger partial charge in [-0.3, -0.25) is 9.97 Å². The fraction of sp³-hybridized carbons (Fsp3) is 0.382. The molecule has 0 aliphatic carbocycles. The number of benzene rings is 2. The van der Waals surface area contributed by atoms with E-state index in [1.165, 1.54) is 25.4 Å². The van der Waals surface area contributed by atoms with Crippen LogP contribution in [0.1, 0.15) is 41.6 Å². The average molecular weight is 664 g/mol. The number of nitrogens with zero attached hydrogens (tertiary/aromatic N) is 2. The first-order valence-corrected chi connectivity index (χ1v) is 17.1. The Hall–Kier alpha value is -4.33. The summed E-state index contributed by atoms with van der Waals surface area (Å²) in [6.07, 6.45) is 7.14. The molecule has 3 aliphatic rings. The third-order valence-electron chi connectivity index (χ3n) is 8.77. The van der Waals surface area contributed by atoms with E-state index in [0.29, 0.717) is 93.5 Å². The zero-order valence-corrected chi connectivity index (χ0v) is 26.6. The van der Waals surface area contributed by atoms with Gasteiger partial charge in [0.05, 0.1) is 54.3 Å². The Morgan fingerprint density at radius 1 is 0.957 bits per heavy atom. The van der Waals surface area contributed by atoms with Crippen LogP contribution in [0.15, 0.2) is 53.8 Å². The molecule has 2 aromatic carbocycles. The zero-order chi connectivity index (χ0) is 32.5. The van der Waals surface area contributed by atoms with Crippen molar-refractivity contribution >= 4 is 38.1 Å². The second-order valence-corrected chi connectivity index (χ2v) is 14.0. The van der Waals surface area contributed by atoms with Crippen LogP contribution in [0.2, 0.25) is 0 Å². The van der Waals surface area contributed by atoms with Crippen LogP contribution >= 0.6 is 0 Å². The van der Waals surface area contributed by atoms with Crippen molar-refractivity contribution in [2.24, 2.45) is 0 Å². The molecule has 1 N–H and O–H groups in total. The van der Waals surface area contributed by atoms with Gasteiger partial charge in [0, 0.05) is 73.9 Å². The SMILES string of the molecule is COC(=O)c1cc(Nc2c(S(=O)(=O)C3CCOCC3)cnc3cc(-c4cncc5c4OCC5)cc(F)c23)cc(OC2CCOCC2)c1. The van der Waals surface area contributed by atoms with Gasteiger partial charge in [0.25, 0.3) is 0 Å². The number of fused-ring (bicyclic) bond motifs is 2. The first-order chi connectivity index (χ1) is 22.8. The molecule has 47 heavy (non-hydrogen) atoms. The molecular formula is C34H34FN3O8S. The molecule has 0 saturated carbocycles. The van der Waals surface area contributed by atoms with Gasteiger partial charge in [0.1, 0.15) is 28.3 Å². The summed E-state index contributed by atoms with van der Waals surface area (Å²) in [5, 5.41) is 2.41. The van der Waals surface area contributed by atoms with E-state index in [4.69, 9.17) is 23.7 Å². The van der Waals surface area contributed by atoms with Crippen LogP contribution in [0.3, 0.4) is 0 Å². The van der Waals surface area contributed by atoms with Crippen molar-refractivity contribution in [1.82, 2.24) is 9.97 Å². The van der Waals surface area contributed by atoms with E-state index in [1.807, 2.05) is 0 Å². The zero-order valence-electron chi connectivity index (χ0n) is 25.8. The van der Waals surface area contributed by atoms with Crippen LogP contribution < -0.4 is 14.8 Å². The summed E-state index contributed by atoms with van der Waals surface area (Å²) in [7, 11) is -2.72. The van der Waals surface area contributed by atoms with E-state index in [-0.39, 0.29) is 33.2 Å². The smallest absolute Gasteiger partial charge is 0.338 e. The molecule has 0 bridgehead atoms. The van der Waals surface area contributed by atoms with E-state index in [1.54, 1.807) is 30.6 Å². The number of methoxy groups -OCH3 is 1. The highest BCUT2D eigenvalue weighted by Crippen LogP contribution is 2.42. The molecular weight excluding hydrogens is 629 g/mol. The van der Waals surface area contributed by atoms with Crippen LogP contribution in [0.4, 0.5) is 15.8 Å². The maximum atomic E-state index is 16.4. The number of halogens is 1. The molecule has 13 heteroatoms. The van der Waals surface area contributed by atoms with Crippen molar-refractivity contribution in [3.8, 4) is 22.6 Å². The number of aromatic nitrogens is 2. The second kappa shape index (κ2) is 13.1. The summed E-state index contributed by atoms with van der Waals surface area (Å²) >= 11 is 0. The molecule has 2 saturated heterocycles. The number of pyridine rings is 2. The lowest BCUT2D eigenvalue weighted by Gasteiger charge is -2.25. The lowest BCUT2D eigenvalue weighted by atomic mass is 10.0. The summed E-state index contributed by atoms with van der Waals surface area (Å²) in [6.45, 7) is 2.22. The van der Waals surface area contributed by atoms with Crippen molar-refractivity contribution in [3.63, 3.8) is 0 Å². The van der Waals surface area contributed by atoms with E-state index in [0.717, 1.165) is 5.56 Å². The van der Waals surface area contributed by atoms with Crippen molar-refractivity contribution in [2.45, 2.75) is 48.4 Å². The third kappa shape index (κ3) is 6.22. The summed E-state index contributed by atoms with van der Waals surface area (Å²) < 4.78 is 72.6. The summed E-state index contributed by atoms with van der Waals surface area (Å²) in [6, 6.07) is 7.77. The molecule has 0 spiro atoms. The minimum Gasteiger partial charge on any atom is -0.492 e. The van der Waals surface area contributed by atoms with E-state index in [2.05, 4.69) is 15.3 Å². The molecule has 2 fully saturated rings. The minimum absolute atomic E-state index is 0.0113. The van der Waals surface area contributed by atoms with Gasteiger partial charge in [-0.05, 0) is 42.7 Å². The Labute approximate surface area is 271 Å². The molecule has 4 aromatic rings. The van der Waals surface area contributed by atoms with Gasteiger partial charge in [0.2, 0.25) is 0 Å². The Kier molecular flexibility index (Phi) is 8.69. The van der Waals surface area contributed by atoms with Gasteiger partial charge in [-0.25, -0.2) is 17.6 Å². The monoisotopic (exact) mass is 663 g/mol. The molecule has 0 radical (unpaired) electrons. The van der Waals surface area contributed by atoms with Crippen LogP contribution in [-0.4, -0.2) is 75.9 Å². The van der Waals surface area contributed by atoms with Crippen molar-refractivity contribution in [3.05, 3.63) is 65.9 Å². The number of hydrogen-bond acceptors (Lipinski definition) is 11. The first kappa shape index (κ1) is 31.3. The molecule has 2 aromatic heterocycles. The number of sulfone groups is 1. The van der Waals surface area contributed by atoms with Gasteiger partial charge in [-0.2, -0.15) is 0 Å². The maximum Gasteiger partial charge on any atom is 0.338 e. The second-order valence-electron chi connectivity index (χ2n) is 11.8. The topological polar surface area (TPSA) is 135 Å². The summed E-state index contributed by atoms with van der Waals surface area (Å²) in [4.78, 5) is 21.3. The van der Waals surface area contributed by atoms with Gasteiger partial charge in [0.15, 0.2) is 9.84 Å². The molecule has 11 nitrogen and oxygen atoms in total. The highest BCUT2D eigenvalue weighted by Gasteiger charge is 2.33. The van der Waals surface area contributed by atoms with Crippen LogP contribution in [0, 0.1) is 5.82 Å². The molecule has 0 amide bonds. The third-order valence-corrected chi connectivity index (χ3v) is 11.0. The van der Waals surface area contributed by atoms with Gasteiger partial charge in [-0.15, -0.1) is 0 Å². The number of rotatable bonds is 8. The largest absolute Gasteiger partial charge is 0.492 e. The number of ether oxygens (including phenoxy) is 5. The predicted molar refractivity (Wildman–Crippen MR) is 171 cm³/mol. The van der Waals surface area contributed by atoms with E-state index in [9.17, 15) is 13.2 Å². The quantitative estimate of drug-likeness (QED) is 0.243.